The van der Waals surface area contributed by atoms with Gasteiger partial charge in [-0.15, -0.1) is 0 Å². The summed E-state index contributed by atoms with van der Waals surface area (Å²) in [5.74, 6) is -0.980. The molecule has 0 radical (unpaired) electrons. The van der Waals surface area contributed by atoms with Crippen molar-refractivity contribution in [2.75, 3.05) is 6.61 Å². The second-order valence-corrected chi connectivity index (χ2v) is 7.20. The van der Waals surface area contributed by atoms with Gasteiger partial charge in [-0.05, 0) is 49.6 Å². The summed E-state index contributed by atoms with van der Waals surface area (Å²) in [6, 6.07) is 13.5. The van der Waals surface area contributed by atoms with Crippen LogP contribution in [-0.4, -0.2) is 30.4 Å². The second-order valence-electron chi connectivity index (χ2n) is 7.20. The summed E-state index contributed by atoms with van der Waals surface area (Å²) in [5, 5.41) is 2.71. The Kier molecular flexibility index (Phi) is 7.77. The Morgan fingerprint density at radius 2 is 1.62 bits per heavy atom. The number of hydrogen-bond acceptors (Lipinski definition) is 4. The van der Waals surface area contributed by atoms with Crippen molar-refractivity contribution in [3.63, 3.8) is 0 Å². The van der Waals surface area contributed by atoms with E-state index >= 15 is 0 Å². The molecule has 1 atom stereocenters. The van der Waals surface area contributed by atoms with Crippen LogP contribution >= 0.6 is 0 Å². The number of ether oxygens (including phenoxy) is 1. The zero-order valence-corrected chi connectivity index (χ0v) is 17.1. The number of hydrazine groups is 1. The highest BCUT2D eigenvalue weighted by Gasteiger charge is 2.25. The molecule has 0 aromatic heterocycles. The Labute approximate surface area is 170 Å². The molecule has 2 rings (SSSR count). The quantitative estimate of drug-likeness (QED) is 0.625. The molecule has 0 heterocycles. The molecule has 3 amide bonds. The van der Waals surface area contributed by atoms with Gasteiger partial charge in [-0.3, -0.25) is 25.2 Å². The summed E-state index contributed by atoms with van der Waals surface area (Å²) in [4.78, 5) is 36.8. The van der Waals surface area contributed by atoms with Crippen LogP contribution in [-0.2, 0) is 9.59 Å². The number of rotatable bonds is 7. The SMILES string of the molecule is Cc1ccc(C(=O)N[C@H](C(=O)NNC(=O)COc2cccc(C)c2)C(C)C)cc1. The van der Waals surface area contributed by atoms with Gasteiger partial charge in [0.25, 0.3) is 17.7 Å². The summed E-state index contributed by atoms with van der Waals surface area (Å²) < 4.78 is 5.39. The van der Waals surface area contributed by atoms with Gasteiger partial charge in [0.05, 0.1) is 0 Å². The Bertz CT molecular complexity index is 863. The number of amides is 3. The van der Waals surface area contributed by atoms with Crippen molar-refractivity contribution in [3.05, 3.63) is 65.2 Å². The maximum absolute atomic E-state index is 12.4. The first-order valence-electron chi connectivity index (χ1n) is 9.42. The lowest BCUT2D eigenvalue weighted by Crippen LogP contribution is -2.55. The Balaban J connectivity index is 1.86. The van der Waals surface area contributed by atoms with E-state index in [1.54, 1.807) is 24.3 Å². The monoisotopic (exact) mass is 397 g/mol. The van der Waals surface area contributed by atoms with Crippen LogP contribution in [0.4, 0.5) is 0 Å². The number of carbonyl (C=O) groups is 3. The van der Waals surface area contributed by atoms with Crippen LogP contribution in [0.3, 0.4) is 0 Å². The molecule has 0 unspecified atom stereocenters. The molecule has 29 heavy (non-hydrogen) atoms. The van der Waals surface area contributed by atoms with E-state index in [-0.39, 0.29) is 18.4 Å². The topological polar surface area (TPSA) is 96.5 Å². The molecular formula is C22H27N3O4. The lowest BCUT2D eigenvalue weighted by molar-refractivity contribution is -0.131. The summed E-state index contributed by atoms with van der Waals surface area (Å²) in [7, 11) is 0. The summed E-state index contributed by atoms with van der Waals surface area (Å²) >= 11 is 0. The first-order valence-corrected chi connectivity index (χ1v) is 9.42. The highest BCUT2D eigenvalue weighted by Crippen LogP contribution is 2.12. The van der Waals surface area contributed by atoms with Crippen molar-refractivity contribution in [2.24, 2.45) is 5.92 Å². The van der Waals surface area contributed by atoms with E-state index in [1.165, 1.54) is 0 Å². The largest absolute Gasteiger partial charge is 0.484 e. The summed E-state index contributed by atoms with van der Waals surface area (Å²) in [6.45, 7) is 7.22. The predicted molar refractivity (Wildman–Crippen MR) is 110 cm³/mol. The minimum absolute atomic E-state index is 0.176. The molecule has 7 heteroatoms. The van der Waals surface area contributed by atoms with Crippen LogP contribution in [0, 0.1) is 19.8 Å². The first kappa shape index (κ1) is 21.9. The number of hydrogen-bond donors (Lipinski definition) is 3. The second kappa shape index (κ2) is 10.3. The van der Waals surface area contributed by atoms with E-state index in [9.17, 15) is 14.4 Å². The van der Waals surface area contributed by atoms with Gasteiger partial charge in [-0.2, -0.15) is 0 Å². The third-order valence-electron chi connectivity index (χ3n) is 4.23. The first-order chi connectivity index (χ1) is 13.8. The van der Waals surface area contributed by atoms with E-state index in [1.807, 2.05) is 52.0 Å². The maximum Gasteiger partial charge on any atom is 0.276 e. The molecule has 0 aliphatic heterocycles. The van der Waals surface area contributed by atoms with Gasteiger partial charge < -0.3 is 10.1 Å². The van der Waals surface area contributed by atoms with Gasteiger partial charge in [-0.1, -0.05) is 43.7 Å². The highest BCUT2D eigenvalue weighted by molar-refractivity contribution is 5.97. The Hall–Kier alpha value is -3.35. The Morgan fingerprint density at radius 1 is 0.931 bits per heavy atom. The van der Waals surface area contributed by atoms with Crippen molar-refractivity contribution < 1.29 is 19.1 Å². The van der Waals surface area contributed by atoms with E-state index < -0.39 is 17.9 Å². The number of aryl methyl sites for hydroxylation is 2. The van der Waals surface area contributed by atoms with Crippen molar-refractivity contribution in [2.45, 2.75) is 33.7 Å². The van der Waals surface area contributed by atoms with E-state index in [0.717, 1.165) is 11.1 Å². The third kappa shape index (κ3) is 6.95. The molecule has 0 fully saturated rings. The molecule has 0 aliphatic carbocycles. The van der Waals surface area contributed by atoms with Crippen LogP contribution in [0.5, 0.6) is 5.75 Å². The fourth-order valence-corrected chi connectivity index (χ4v) is 2.56. The summed E-state index contributed by atoms with van der Waals surface area (Å²) in [5.41, 5.74) is 7.17. The fourth-order valence-electron chi connectivity index (χ4n) is 2.56. The van der Waals surface area contributed by atoms with Crippen molar-refractivity contribution in [1.29, 1.82) is 0 Å². The van der Waals surface area contributed by atoms with Crippen LogP contribution in [0.2, 0.25) is 0 Å². The van der Waals surface area contributed by atoms with E-state index in [2.05, 4.69) is 16.2 Å². The van der Waals surface area contributed by atoms with Gasteiger partial charge in [0, 0.05) is 5.56 Å². The van der Waals surface area contributed by atoms with Crippen LogP contribution < -0.4 is 20.9 Å². The normalized spacial score (nSPS) is 11.5. The molecule has 0 spiro atoms. The molecule has 0 bridgehead atoms. The molecule has 7 nitrogen and oxygen atoms in total. The zero-order valence-electron chi connectivity index (χ0n) is 17.1. The molecule has 0 saturated heterocycles. The van der Waals surface area contributed by atoms with Gasteiger partial charge in [-0.25, -0.2) is 0 Å². The van der Waals surface area contributed by atoms with Crippen LogP contribution in [0.1, 0.15) is 35.3 Å². The molecule has 2 aromatic carbocycles. The lowest BCUT2D eigenvalue weighted by atomic mass is 10.0. The minimum Gasteiger partial charge on any atom is -0.484 e. The molecule has 0 aliphatic rings. The highest BCUT2D eigenvalue weighted by atomic mass is 16.5. The van der Waals surface area contributed by atoms with Crippen LogP contribution in [0.15, 0.2) is 48.5 Å². The van der Waals surface area contributed by atoms with Crippen molar-refractivity contribution in [1.82, 2.24) is 16.2 Å². The zero-order chi connectivity index (χ0) is 21.4. The number of benzene rings is 2. The average Bonchev–Trinajstić information content (AvgIpc) is 2.68. The average molecular weight is 397 g/mol. The molecule has 154 valence electrons. The van der Waals surface area contributed by atoms with Gasteiger partial charge in [0.1, 0.15) is 11.8 Å². The molecular weight excluding hydrogens is 370 g/mol. The Morgan fingerprint density at radius 3 is 2.24 bits per heavy atom. The van der Waals surface area contributed by atoms with Crippen LogP contribution in [0.25, 0.3) is 0 Å². The molecule has 0 saturated carbocycles. The van der Waals surface area contributed by atoms with E-state index in [0.29, 0.717) is 11.3 Å². The summed E-state index contributed by atoms with van der Waals surface area (Å²) in [6.07, 6.45) is 0. The minimum atomic E-state index is -0.804. The number of carbonyl (C=O) groups excluding carboxylic acids is 3. The standard InChI is InChI=1S/C22H27N3O4/c1-14(2)20(23-21(27)17-10-8-15(3)9-11-17)22(28)25-24-19(26)13-29-18-7-5-6-16(4)12-18/h5-12,14,20H,13H2,1-4H3,(H,23,27)(H,24,26)(H,25,28)/t20-/m0/s1. The van der Waals surface area contributed by atoms with Gasteiger partial charge in [0.15, 0.2) is 6.61 Å². The van der Waals surface area contributed by atoms with Gasteiger partial charge in [0.2, 0.25) is 0 Å². The molecule has 3 N–H and O–H groups in total. The van der Waals surface area contributed by atoms with Crippen molar-refractivity contribution >= 4 is 17.7 Å². The predicted octanol–water partition coefficient (Wildman–Crippen LogP) is 2.28. The third-order valence-corrected chi connectivity index (χ3v) is 4.23. The van der Waals surface area contributed by atoms with Gasteiger partial charge >= 0.3 is 0 Å². The smallest absolute Gasteiger partial charge is 0.276 e. The molecule has 2 aromatic rings. The fraction of sp³-hybridized carbons (Fsp3) is 0.318. The van der Waals surface area contributed by atoms with E-state index in [4.69, 9.17) is 4.74 Å². The van der Waals surface area contributed by atoms with Crippen molar-refractivity contribution in [3.8, 4) is 5.75 Å². The lowest BCUT2D eigenvalue weighted by Gasteiger charge is -2.22. The maximum atomic E-state index is 12.4. The number of nitrogens with one attached hydrogen (secondary N) is 3.